The van der Waals surface area contributed by atoms with E-state index >= 15 is 0 Å². The summed E-state index contributed by atoms with van der Waals surface area (Å²) in [6, 6.07) is 0. The lowest BCUT2D eigenvalue weighted by atomic mass is 10.5. The van der Waals surface area contributed by atoms with E-state index in [2.05, 4.69) is 10.6 Å². The first-order valence-electron chi connectivity index (χ1n) is 4.84. The van der Waals surface area contributed by atoms with Crippen molar-refractivity contribution in [3.63, 3.8) is 0 Å². The molecule has 0 radical (unpaired) electrons. The van der Waals surface area contributed by atoms with Crippen LogP contribution in [0, 0.1) is 0 Å². The maximum absolute atomic E-state index is 9.10. The number of hydrogen-bond acceptors (Lipinski definition) is 6. The second-order valence-electron chi connectivity index (χ2n) is 2.69. The zero-order chi connectivity index (χ0) is 12.8. The van der Waals surface area contributed by atoms with Crippen LogP contribution >= 0.6 is 0 Å². The van der Waals surface area contributed by atoms with Crippen LogP contribution in [0.3, 0.4) is 0 Å². The number of nitrogens with one attached hydrogen (secondary N) is 2. The van der Waals surface area contributed by atoms with Crippen LogP contribution in [-0.4, -0.2) is 61.4 Å². The third-order valence-corrected chi connectivity index (χ3v) is 1.30. The summed E-state index contributed by atoms with van der Waals surface area (Å²) in [5.74, 6) is -3.65. The van der Waals surface area contributed by atoms with Gasteiger partial charge in [0.25, 0.3) is 0 Å². The second-order valence-corrected chi connectivity index (χ2v) is 2.69. The van der Waals surface area contributed by atoms with Gasteiger partial charge in [-0.3, -0.25) is 0 Å². The molecule has 16 heavy (non-hydrogen) atoms. The van der Waals surface area contributed by atoms with Gasteiger partial charge in [0.05, 0.1) is 0 Å². The fourth-order valence-corrected chi connectivity index (χ4v) is 0.631. The van der Waals surface area contributed by atoms with Crippen LogP contribution in [0.15, 0.2) is 0 Å². The molecule has 0 bridgehead atoms. The van der Waals surface area contributed by atoms with Gasteiger partial charge in [0.15, 0.2) is 0 Å². The summed E-state index contributed by atoms with van der Waals surface area (Å²) in [4.78, 5) is 18.2. The van der Waals surface area contributed by atoms with Crippen LogP contribution in [0.4, 0.5) is 0 Å². The van der Waals surface area contributed by atoms with E-state index in [1.807, 2.05) is 0 Å². The van der Waals surface area contributed by atoms with Crippen molar-refractivity contribution in [3.05, 3.63) is 0 Å². The summed E-state index contributed by atoms with van der Waals surface area (Å²) < 4.78 is 0. The van der Waals surface area contributed by atoms with Crippen molar-refractivity contribution < 1.29 is 19.8 Å². The Kier molecular flexibility index (Phi) is 14.8. The van der Waals surface area contributed by atoms with E-state index in [1.165, 1.54) is 0 Å². The number of carboxylic acids is 2. The van der Waals surface area contributed by atoms with Gasteiger partial charge in [0, 0.05) is 39.3 Å². The lowest BCUT2D eigenvalue weighted by molar-refractivity contribution is -0.159. The quantitative estimate of drug-likeness (QED) is 0.205. The van der Waals surface area contributed by atoms with Crippen LogP contribution in [-0.2, 0) is 9.59 Å². The van der Waals surface area contributed by atoms with Crippen molar-refractivity contribution >= 4 is 11.9 Å². The molecule has 0 rings (SSSR count). The lowest BCUT2D eigenvalue weighted by Crippen LogP contribution is -2.32. The van der Waals surface area contributed by atoms with Gasteiger partial charge in [-0.15, -0.1) is 0 Å². The van der Waals surface area contributed by atoms with Gasteiger partial charge in [-0.05, 0) is 0 Å². The molecular weight excluding hydrogens is 216 g/mol. The third-order valence-electron chi connectivity index (χ3n) is 1.30. The molecule has 0 amide bonds. The van der Waals surface area contributed by atoms with Crippen molar-refractivity contribution in [2.75, 3.05) is 39.3 Å². The zero-order valence-corrected chi connectivity index (χ0v) is 9.11. The number of aliphatic carboxylic acids is 2. The van der Waals surface area contributed by atoms with Gasteiger partial charge >= 0.3 is 11.9 Å². The van der Waals surface area contributed by atoms with Crippen LogP contribution in [0.25, 0.3) is 0 Å². The van der Waals surface area contributed by atoms with Crippen LogP contribution in [0.5, 0.6) is 0 Å². The van der Waals surface area contributed by atoms with Crippen molar-refractivity contribution in [2.24, 2.45) is 11.5 Å². The van der Waals surface area contributed by atoms with Crippen molar-refractivity contribution in [3.8, 4) is 0 Å². The number of rotatable bonds is 7. The summed E-state index contributed by atoms with van der Waals surface area (Å²) in [7, 11) is 0. The highest BCUT2D eigenvalue weighted by Crippen LogP contribution is 1.57. The van der Waals surface area contributed by atoms with Gasteiger partial charge in [0.1, 0.15) is 0 Å². The van der Waals surface area contributed by atoms with Gasteiger partial charge in [-0.1, -0.05) is 0 Å². The molecule has 8 N–H and O–H groups in total. The second kappa shape index (κ2) is 13.8. The van der Waals surface area contributed by atoms with E-state index in [9.17, 15) is 0 Å². The molecule has 0 atom stereocenters. The summed E-state index contributed by atoms with van der Waals surface area (Å²) in [5, 5.41) is 21.1. The normalized spacial score (nSPS) is 9.12. The van der Waals surface area contributed by atoms with Gasteiger partial charge in [-0.25, -0.2) is 9.59 Å². The first-order valence-corrected chi connectivity index (χ1v) is 4.84. The minimum Gasteiger partial charge on any atom is -0.473 e. The first-order chi connectivity index (χ1) is 7.56. The molecule has 0 aliphatic carbocycles. The minimum absolute atomic E-state index is 0.705. The summed E-state index contributed by atoms with van der Waals surface area (Å²) >= 11 is 0. The fourth-order valence-electron chi connectivity index (χ4n) is 0.631. The Bertz CT molecular complexity index is 169. The van der Waals surface area contributed by atoms with E-state index in [-0.39, 0.29) is 0 Å². The highest BCUT2D eigenvalue weighted by atomic mass is 16.4. The molecule has 0 unspecified atom stereocenters. The monoisotopic (exact) mass is 236 g/mol. The molecule has 0 saturated heterocycles. The van der Waals surface area contributed by atoms with Gasteiger partial charge < -0.3 is 32.3 Å². The topological polar surface area (TPSA) is 151 Å². The molecule has 8 nitrogen and oxygen atoms in total. The van der Waals surface area contributed by atoms with E-state index < -0.39 is 11.9 Å². The lowest BCUT2D eigenvalue weighted by Gasteiger charge is -2.03. The molecule has 0 saturated carbocycles. The van der Waals surface area contributed by atoms with Crippen LogP contribution in [0.2, 0.25) is 0 Å². The SMILES string of the molecule is NCCNCCNCCN.O=C(O)C(=O)O. The first kappa shape index (κ1) is 17.2. The average molecular weight is 236 g/mol. The maximum atomic E-state index is 9.10. The zero-order valence-electron chi connectivity index (χ0n) is 9.11. The van der Waals surface area contributed by atoms with E-state index in [0.717, 1.165) is 26.2 Å². The molecule has 0 aromatic carbocycles. The van der Waals surface area contributed by atoms with E-state index in [0.29, 0.717) is 13.1 Å². The molecule has 8 heteroatoms. The standard InChI is InChI=1S/C6H18N4.C2H2O4/c7-1-3-9-5-6-10-4-2-8;3-1(4)2(5)6/h9-10H,1-8H2;(H,3,4)(H,5,6). The Morgan fingerprint density at radius 1 is 0.812 bits per heavy atom. The summed E-state index contributed by atoms with van der Waals surface area (Å²) in [6.45, 7) is 5.14. The van der Waals surface area contributed by atoms with E-state index in [1.54, 1.807) is 0 Å². The molecule has 0 aromatic rings. The smallest absolute Gasteiger partial charge is 0.414 e. The predicted octanol–water partition coefficient (Wildman–Crippen LogP) is -2.76. The molecular formula is C8H20N4O4. The Hall–Kier alpha value is -1.22. The van der Waals surface area contributed by atoms with Crippen molar-refractivity contribution in [2.45, 2.75) is 0 Å². The molecule has 0 aliphatic heterocycles. The van der Waals surface area contributed by atoms with E-state index in [4.69, 9.17) is 31.3 Å². The maximum Gasteiger partial charge on any atom is 0.414 e. The fraction of sp³-hybridized carbons (Fsp3) is 0.750. The Labute approximate surface area is 94.0 Å². The summed E-state index contributed by atoms with van der Waals surface area (Å²) in [6.07, 6.45) is 0. The Balaban J connectivity index is 0. The minimum atomic E-state index is -1.82. The molecule has 0 fully saturated rings. The average Bonchev–Trinajstić information content (AvgIpc) is 2.24. The number of carboxylic acid groups (broad SMARTS) is 2. The number of hydrogen-bond donors (Lipinski definition) is 6. The number of carbonyl (C=O) groups is 2. The number of nitrogens with two attached hydrogens (primary N) is 2. The third kappa shape index (κ3) is 18.5. The molecule has 0 heterocycles. The van der Waals surface area contributed by atoms with Crippen molar-refractivity contribution in [1.29, 1.82) is 0 Å². The summed E-state index contributed by atoms with van der Waals surface area (Å²) in [5.41, 5.74) is 10.5. The van der Waals surface area contributed by atoms with Crippen LogP contribution in [0.1, 0.15) is 0 Å². The van der Waals surface area contributed by atoms with Crippen LogP contribution < -0.4 is 22.1 Å². The van der Waals surface area contributed by atoms with Gasteiger partial charge in [-0.2, -0.15) is 0 Å². The molecule has 0 aliphatic rings. The molecule has 96 valence electrons. The van der Waals surface area contributed by atoms with Gasteiger partial charge in [0.2, 0.25) is 0 Å². The molecule has 0 aromatic heterocycles. The predicted molar refractivity (Wildman–Crippen MR) is 59.1 cm³/mol. The highest BCUT2D eigenvalue weighted by Gasteiger charge is 2.04. The Morgan fingerprint density at radius 2 is 1.12 bits per heavy atom. The largest absolute Gasteiger partial charge is 0.473 e. The molecule has 0 spiro atoms. The highest BCUT2D eigenvalue weighted by molar-refractivity contribution is 6.27. The van der Waals surface area contributed by atoms with Crippen molar-refractivity contribution in [1.82, 2.24) is 10.6 Å². The Morgan fingerprint density at radius 3 is 1.31 bits per heavy atom.